The highest BCUT2D eigenvalue weighted by atomic mass is 16.5. The first-order chi connectivity index (χ1) is 7.70. The van der Waals surface area contributed by atoms with Crippen LogP contribution in [0.25, 0.3) is 5.65 Å². The van der Waals surface area contributed by atoms with Gasteiger partial charge in [0.2, 0.25) is 0 Å². The molecule has 4 nitrogen and oxygen atoms in total. The normalized spacial score (nSPS) is 10.6. The van der Waals surface area contributed by atoms with Gasteiger partial charge in [-0.15, -0.1) is 0 Å². The molecule has 0 aliphatic carbocycles. The lowest BCUT2D eigenvalue weighted by atomic mass is 10.3. The van der Waals surface area contributed by atoms with Crippen molar-refractivity contribution in [3.8, 4) is 0 Å². The summed E-state index contributed by atoms with van der Waals surface area (Å²) in [6.45, 7) is 4.20. The van der Waals surface area contributed by atoms with E-state index < -0.39 is 0 Å². The fraction of sp³-hybridized carbons (Fsp3) is 0.333. The van der Waals surface area contributed by atoms with Gasteiger partial charge in [-0.25, -0.2) is 4.98 Å². The van der Waals surface area contributed by atoms with Crippen LogP contribution in [0.2, 0.25) is 0 Å². The molecular weight excluding hydrogens is 204 g/mol. The van der Waals surface area contributed by atoms with Crippen molar-refractivity contribution >= 4 is 11.6 Å². The van der Waals surface area contributed by atoms with Crippen molar-refractivity contribution < 1.29 is 9.53 Å². The summed E-state index contributed by atoms with van der Waals surface area (Å²) >= 11 is 0. The summed E-state index contributed by atoms with van der Waals surface area (Å²) < 4.78 is 6.80. The third-order valence-electron chi connectivity index (χ3n) is 2.36. The summed E-state index contributed by atoms with van der Waals surface area (Å²) in [5.74, 6) is -0.233. The molecule has 84 valence electrons. The molecule has 2 rings (SSSR count). The smallest absolute Gasteiger partial charge is 0.311 e. The molecule has 0 bridgehead atoms. The SMILES string of the molecule is CCOC(=O)Cc1cn2cccc(C)c2n1. The molecule has 16 heavy (non-hydrogen) atoms. The topological polar surface area (TPSA) is 43.6 Å². The Hall–Kier alpha value is -1.84. The summed E-state index contributed by atoms with van der Waals surface area (Å²) in [6.07, 6.45) is 4.01. The van der Waals surface area contributed by atoms with Gasteiger partial charge in [0.15, 0.2) is 0 Å². The summed E-state index contributed by atoms with van der Waals surface area (Å²) in [7, 11) is 0. The number of ether oxygens (including phenoxy) is 1. The van der Waals surface area contributed by atoms with Gasteiger partial charge in [-0.2, -0.15) is 0 Å². The predicted octanol–water partition coefficient (Wildman–Crippen LogP) is 1.75. The van der Waals surface area contributed by atoms with Crippen molar-refractivity contribution in [2.75, 3.05) is 6.61 Å². The number of rotatable bonds is 3. The lowest BCUT2D eigenvalue weighted by Gasteiger charge is -1.97. The molecule has 0 aliphatic rings. The zero-order chi connectivity index (χ0) is 11.5. The highest BCUT2D eigenvalue weighted by molar-refractivity contribution is 5.72. The van der Waals surface area contributed by atoms with Gasteiger partial charge in [0.25, 0.3) is 0 Å². The average molecular weight is 218 g/mol. The number of fused-ring (bicyclic) bond motifs is 1. The molecule has 2 aromatic heterocycles. The molecule has 0 saturated carbocycles. The first-order valence-electron chi connectivity index (χ1n) is 5.29. The third kappa shape index (κ3) is 2.05. The summed E-state index contributed by atoms with van der Waals surface area (Å²) in [6, 6.07) is 3.95. The second-order valence-corrected chi connectivity index (χ2v) is 3.64. The van der Waals surface area contributed by atoms with Gasteiger partial charge in [-0.05, 0) is 25.5 Å². The summed E-state index contributed by atoms with van der Waals surface area (Å²) in [5.41, 5.74) is 2.73. The largest absolute Gasteiger partial charge is 0.466 e. The van der Waals surface area contributed by atoms with E-state index in [0.29, 0.717) is 6.61 Å². The number of esters is 1. The highest BCUT2D eigenvalue weighted by Crippen LogP contribution is 2.10. The lowest BCUT2D eigenvalue weighted by Crippen LogP contribution is -2.07. The Bertz CT molecular complexity index is 517. The quantitative estimate of drug-likeness (QED) is 0.737. The van der Waals surface area contributed by atoms with Gasteiger partial charge in [-0.3, -0.25) is 4.79 Å². The van der Waals surface area contributed by atoms with Crippen molar-refractivity contribution in [3.05, 3.63) is 35.8 Å². The minimum absolute atomic E-state index is 0.231. The lowest BCUT2D eigenvalue weighted by molar-refractivity contribution is -0.142. The fourth-order valence-electron chi connectivity index (χ4n) is 1.65. The number of carbonyl (C=O) groups excluding carboxylic acids is 1. The van der Waals surface area contributed by atoms with Gasteiger partial charge < -0.3 is 9.14 Å². The summed E-state index contributed by atoms with van der Waals surface area (Å²) in [4.78, 5) is 15.7. The van der Waals surface area contributed by atoms with Crippen molar-refractivity contribution in [2.24, 2.45) is 0 Å². The zero-order valence-corrected chi connectivity index (χ0v) is 9.43. The van der Waals surface area contributed by atoms with Crippen LogP contribution in [0.3, 0.4) is 0 Å². The van der Waals surface area contributed by atoms with E-state index in [9.17, 15) is 4.79 Å². The van der Waals surface area contributed by atoms with Crippen LogP contribution in [0.5, 0.6) is 0 Å². The second-order valence-electron chi connectivity index (χ2n) is 3.64. The van der Waals surface area contributed by atoms with E-state index in [0.717, 1.165) is 16.9 Å². The minimum atomic E-state index is -0.233. The van der Waals surface area contributed by atoms with E-state index in [2.05, 4.69) is 4.98 Å². The number of nitrogens with zero attached hydrogens (tertiary/aromatic N) is 2. The minimum Gasteiger partial charge on any atom is -0.466 e. The number of hydrogen-bond acceptors (Lipinski definition) is 3. The molecule has 0 atom stereocenters. The van der Waals surface area contributed by atoms with E-state index >= 15 is 0 Å². The van der Waals surface area contributed by atoms with E-state index in [1.807, 2.05) is 35.9 Å². The van der Waals surface area contributed by atoms with Crippen LogP contribution in [-0.2, 0) is 16.0 Å². The Labute approximate surface area is 93.9 Å². The average Bonchev–Trinajstić information content (AvgIpc) is 2.62. The highest BCUT2D eigenvalue weighted by Gasteiger charge is 2.08. The van der Waals surface area contributed by atoms with Crippen molar-refractivity contribution in [1.82, 2.24) is 9.38 Å². The van der Waals surface area contributed by atoms with Crippen LogP contribution < -0.4 is 0 Å². The van der Waals surface area contributed by atoms with Crippen LogP contribution in [-0.4, -0.2) is 22.0 Å². The summed E-state index contributed by atoms with van der Waals surface area (Å²) in [5, 5.41) is 0. The first kappa shape index (κ1) is 10.7. The third-order valence-corrected chi connectivity index (χ3v) is 2.36. The van der Waals surface area contributed by atoms with E-state index in [4.69, 9.17) is 4.74 Å². The second kappa shape index (κ2) is 4.35. The number of hydrogen-bond donors (Lipinski definition) is 0. The van der Waals surface area contributed by atoms with Crippen LogP contribution in [0.1, 0.15) is 18.2 Å². The monoisotopic (exact) mass is 218 g/mol. The number of imidazole rings is 1. The predicted molar refractivity (Wildman–Crippen MR) is 60.3 cm³/mol. The molecule has 0 aliphatic heterocycles. The molecule has 0 saturated heterocycles. The van der Waals surface area contributed by atoms with Gasteiger partial charge in [0, 0.05) is 12.4 Å². The first-order valence-corrected chi connectivity index (χ1v) is 5.29. The molecular formula is C12H14N2O2. The van der Waals surface area contributed by atoms with E-state index in [1.165, 1.54) is 0 Å². The van der Waals surface area contributed by atoms with Crippen LogP contribution in [0, 0.1) is 6.92 Å². The molecule has 0 unspecified atom stereocenters. The Morgan fingerprint density at radius 1 is 1.56 bits per heavy atom. The maximum atomic E-state index is 11.3. The standard InChI is InChI=1S/C12H14N2O2/c1-3-16-11(15)7-10-8-14-6-4-5-9(2)12(14)13-10/h4-6,8H,3,7H2,1-2H3. The Kier molecular flexibility index (Phi) is 2.90. The molecule has 0 radical (unpaired) electrons. The molecule has 0 aromatic carbocycles. The number of carbonyl (C=O) groups is 1. The Morgan fingerprint density at radius 3 is 3.06 bits per heavy atom. The van der Waals surface area contributed by atoms with Crippen molar-refractivity contribution in [3.63, 3.8) is 0 Å². The molecule has 4 heteroatoms. The molecule has 2 heterocycles. The van der Waals surface area contributed by atoms with Crippen molar-refractivity contribution in [1.29, 1.82) is 0 Å². The van der Waals surface area contributed by atoms with Crippen LogP contribution in [0.4, 0.5) is 0 Å². The van der Waals surface area contributed by atoms with Gasteiger partial charge in [-0.1, -0.05) is 6.07 Å². The fourth-order valence-corrected chi connectivity index (χ4v) is 1.65. The molecule has 0 N–H and O–H groups in total. The number of aromatic nitrogens is 2. The number of pyridine rings is 1. The van der Waals surface area contributed by atoms with E-state index in [1.54, 1.807) is 6.92 Å². The van der Waals surface area contributed by atoms with Crippen LogP contribution in [0.15, 0.2) is 24.5 Å². The van der Waals surface area contributed by atoms with Gasteiger partial charge in [0.1, 0.15) is 5.65 Å². The van der Waals surface area contributed by atoms with Gasteiger partial charge >= 0.3 is 5.97 Å². The Morgan fingerprint density at radius 2 is 2.38 bits per heavy atom. The van der Waals surface area contributed by atoms with Crippen molar-refractivity contribution in [2.45, 2.75) is 20.3 Å². The maximum Gasteiger partial charge on any atom is 0.311 e. The number of aryl methyl sites for hydroxylation is 1. The molecule has 2 aromatic rings. The van der Waals surface area contributed by atoms with Crippen LogP contribution >= 0.6 is 0 Å². The maximum absolute atomic E-state index is 11.3. The molecule has 0 fully saturated rings. The Balaban J connectivity index is 2.26. The zero-order valence-electron chi connectivity index (χ0n) is 9.43. The molecule has 0 spiro atoms. The van der Waals surface area contributed by atoms with E-state index in [-0.39, 0.29) is 12.4 Å². The molecule has 0 amide bonds. The van der Waals surface area contributed by atoms with Gasteiger partial charge in [0.05, 0.1) is 18.7 Å².